The van der Waals surface area contributed by atoms with E-state index in [-0.39, 0.29) is 5.24 Å². The van der Waals surface area contributed by atoms with Crippen molar-refractivity contribution in [1.29, 1.82) is 0 Å². The molecule has 0 saturated carbocycles. The number of thioether (sulfide) groups is 1. The van der Waals surface area contributed by atoms with Crippen LogP contribution in [0, 0.1) is 0 Å². The predicted octanol–water partition coefficient (Wildman–Crippen LogP) is 5.26. The van der Waals surface area contributed by atoms with Gasteiger partial charge in [-0.3, -0.25) is 9.69 Å². The summed E-state index contributed by atoms with van der Waals surface area (Å²) in [6.45, 7) is 9.64. The zero-order chi connectivity index (χ0) is 20.0. The minimum atomic E-state index is 0.140. The zero-order valence-corrected chi connectivity index (χ0v) is 18.9. The molecule has 0 bridgehead atoms. The van der Waals surface area contributed by atoms with Gasteiger partial charge in [-0.25, -0.2) is 0 Å². The summed E-state index contributed by atoms with van der Waals surface area (Å²) >= 11 is 7.42. The van der Waals surface area contributed by atoms with Crippen LogP contribution < -0.4 is 5.32 Å². The van der Waals surface area contributed by atoms with Crippen LogP contribution in [0.25, 0.3) is 0 Å². The number of nitrogens with one attached hydrogen (secondary N) is 1. The lowest BCUT2D eigenvalue weighted by Gasteiger charge is -2.21. The van der Waals surface area contributed by atoms with Crippen molar-refractivity contribution >= 4 is 28.6 Å². The molecule has 4 nitrogen and oxygen atoms in total. The fraction of sp³-hybridized carbons (Fsp3) is 0.682. The number of carbonyl (C=O) groups excluding carboxylic acids is 1. The maximum absolute atomic E-state index is 11.8. The summed E-state index contributed by atoms with van der Waals surface area (Å²) in [6, 6.07) is 8.19. The summed E-state index contributed by atoms with van der Waals surface area (Å²) in [6.07, 6.45) is 7.09. The second-order valence-electron chi connectivity index (χ2n) is 7.57. The maximum Gasteiger partial charge on any atom is 0.279 e. The van der Waals surface area contributed by atoms with Gasteiger partial charge in [0.05, 0.1) is 0 Å². The first-order valence-electron chi connectivity index (χ1n) is 10.8. The van der Waals surface area contributed by atoms with Gasteiger partial charge in [0.25, 0.3) is 5.24 Å². The monoisotopic (exact) mass is 425 g/mol. The Labute approximate surface area is 180 Å². The van der Waals surface area contributed by atoms with E-state index in [1.807, 2.05) is 12.1 Å². The third kappa shape index (κ3) is 10.1. The van der Waals surface area contributed by atoms with Gasteiger partial charge >= 0.3 is 0 Å². The van der Waals surface area contributed by atoms with Crippen LogP contribution in [0.4, 0.5) is 4.79 Å². The second-order valence-corrected chi connectivity index (χ2v) is 9.08. The lowest BCUT2D eigenvalue weighted by Crippen LogP contribution is -2.31. The Hall–Kier alpha value is -0.750. The van der Waals surface area contributed by atoms with Gasteiger partial charge in [-0.2, -0.15) is 0 Å². The molecule has 1 saturated heterocycles. The first-order chi connectivity index (χ1) is 13.7. The molecule has 28 heavy (non-hydrogen) atoms. The molecule has 1 aliphatic heterocycles. The van der Waals surface area contributed by atoms with Gasteiger partial charge < -0.3 is 10.2 Å². The highest BCUT2D eigenvalue weighted by molar-refractivity contribution is 8.13. The molecular formula is C22H36ClN3OS. The number of hydrogen-bond donors (Lipinski definition) is 1. The van der Waals surface area contributed by atoms with Gasteiger partial charge in [0, 0.05) is 37.0 Å². The zero-order valence-electron chi connectivity index (χ0n) is 17.3. The van der Waals surface area contributed by atoms with Gasteiger partial charge in [0.2, 0.25) is 0 Å². The van der Waals surface area contributed by atoms with Gasteiger partial charge in [0.1, 0.15) is 0 Å². The van der Waals surface area contributed by atoms with Crippen LogP contribution in [-0.4, -0.2) is 60.1 Å². The molecule has 1 aromatic rings. The van der Waals surface area contributed by atoms with Gasteiger partial charge in [-0.05, 0) is 56.6 Å². The van der Waals surface area contributed by atoms with E-state index < -0.39 is 0 Å². The SMILES string of the molecule is CCCCCCNC(=O)SCCCN1CCCN(Cc2ccc(Cl)cc2)CC1. The lowest BCUT2D eigenvalue weighted by molar-refractivity contribution is 0.252. The Morgan fingerprint density at radius 1 is 1.04 bits per heavy atom. The normalized spacial score (nSPS) is 16.1. The average Bonchev–Trinajstić information content (AvgIpc) is 2.92. The van der Waals surface area contributed by atoms with Crippen LogP contribution in [0.15, 0.2) is 24.3 Å². The molecule has 1 N–H and O–H groups in total. The molecule has 1 fully saturated rings. The van der Waals surface area contributed by atoms with Crippen LogP contribution in [0.5, 0.6) is 0 Å². The van der Waals surface area contributed by atoms with E-state index in [2.05, 4.69) is 34.2 Å². The minimum absolute atomic E-state index is 0.140. The quantitative estimate of drug-likeness (QED) is 0.490. The highest BCUT2D eigenvalue weighted by Crippen LogP contribution is 2.13. The summed E-state index contributed by atoms with van der Waals surface area (Å²) in [5.41, 5.74) is 1.33. The van der Waals surface area contributed by atoms with Gasteiger partial charge in [0.15, 0.2) is 0 Å². The second kappa shape index (κ2) is 14.3. The van der Waals surface area contributed by atoms with Crippen LogP contribution in [0.1, 0.15) is 51.0 Å². The molecule has 0 atom stereocenters. The van der Waals surface area contributed by atoms with Crippen molar-refractivity contribution in [1.82, 2.24) is 15.1 Å². The number of hydrogen-bond acceptors (Lipinski definition) is 4. The molecule has 0 radical (unpaired) electrons. The maximum atomic E-state index is 11.8. The molecule has 0 aromatic heterocycles. The first-order valence-corrected chi connectivity index (χ1v) is 12.1. The number of nitrogens with zero attached hydrogens (tertiary/aromatic N) is 2. The molecular weight excluding hydrogens is 390 g/mol. The fourth-order valence-corrected chi connectivity index (χ4v) is 4.29. The van der Waals surface area contributed by atoms with Crippen molar-refractivity contribution in [3.63, 3.8) is 0 Å². The van der Waals surface area contributed by atoms with Crippen LogP contribution >= 0.6 is 23.4 Å². The third-order valence-electron chi connectivity index (χ3n) is 5.15. The number of halogens is 1. The van der Waals surface area contributed by atoms with Crippen LogP contribution in [0.2, 0.25) is 5.02 Å². The predicted molar refractivity (Wildman–Crippen MR) is 122 cm³/mol. The Balaban J connectivity index is 1.54. The molecule has 2 rings (SSSR count). The first kappa shape index (κ1) is 23.5. The summed E-state index contributed by atoms with van der Waals surface area (Å²) < 4.78 is 0. The molecule has 0 unspecified atom stereocenters. The number of rotatable bonds is 11. The van der Waals surface area contributed by atoms with Crippen molar-refractivity contribution in [2.24, 2.45) is 0 Å². The summed E-state index contributed by atoms with van der Waals surface area (Å²) in [5.74, 6) is 0.909. The van der Waals surface area contributed by atoms with E-state index in [1.165, 1.54) is 43.0 Å². The number of unbranched alkanes of at least 4 members (excludes halogenated alkanes) is 3. The molecule has 1 aliphatic rings. The van der Waals surface area contributed by atoms with E-state index in [4.69, 9.17) is 11.6 Å². The Kier molecular flexibility index (Phi) is 12.0. The molecule has 0 spiro atoms. The van der Waals surface area contributed by atoms with Crippen LogP contribution in [-0.2, 0) is 6.54 Å². The van der Waals surface area contributed by atoms with Crippen molar-refractivity contribution in [3.05, 3.63) is 34.9 Å². The van der Waals surface area contributed by atoms with E-state index in [0.717, 1.165) is 69.4 Å². The number of carbonyl (C=O) groups is 1. The standard InChI is InChI=1S/C22H36ClN3OS/c1-2-3-4-5-12-24-22(27)28-18-7-15-25-13-6-14-26(17-16-25)19-20-8-10-21(23)11-9-20/h8-11H,2-7,12-19H2,1H3,(H,24,27). The van der Waals surface area contributed by atoms with Gasteiger partial charge in [-0.1, -0.05) is 61.7 Å². The minimum Gasteiger partial charge on any atom is -0.347 e. The fourth-order valence-electron chi connectivity index (χ4n) is 3.50. The molecule has 1 aromatic carbocycles. The number of amides is 1. The largest absolute Gasteiger partial charge is 0.347 e. The van der Waals surface area contributed by atoms with Gasteiger partial charge in [-0.15, -0.1) is 0 Å². The van der Waals surface area contributed by atoms with Crippen molar-refractivity contribution in [3.8, 4) is 0 Å². The van der Waals surface area contributed by atoms with Crippen LogP contribution in [0.3, 0.4) is 0 Å². The highest BCUT2D eigenvalue weighted by Gasteiger charge is 2.15. The van der Waals surface area contributed by atoms with E-state index >= 15 is 0 Å². The third-order valence-corrected chi connectivity index (χ3v) is 6.30. The Bertz CT molecular complexity index is 555. The topological polar surface area (TPSA) is 35.6 Å². The van der Waals surface area contributed by atoms with Crippen molar-refractivity contribution in [2.75, 3.05) is 45.0 Å². The summed E-state index contributed by atoms with van der Waals surface area (Å²) in [4.78, 5) is 16.9. The average molecular weight is 426 g/mol. The Morgan fingerprint density at radius 2 is 1.79 bits per heavy atom. The molecule has 158 valence electrons. The van der Waals surface area contributed by atoms with Crippen molar-refractivity contribution < 1.29 is 4.79 Å². The molecule has 1 amide bonds. The van der Waals surface area contributed by atoms with E-state index in [9.17, 15) is 4.79 Å². The smallest absolute Gasteiger partial charge is 0.279 e. The lowest BCUT2D eigenvalue weighted by atomic mass is 10.2. The van der Waals surface area contributed by atoms with E-state index in [1.54, 1.807) is 0 Å². The van der Waals surface area contributed by atoms with E-state index in [0.29, 0.717) is 0 Å². The molecule has 6 heteroatoms. The highest BCUT2D eigenvalue weighted by atomic mass is 35.5. The summed E-state index contributed by atoms with van der Waals surface area (Å²) in [5, 5.41) is 3.96. The van der Waals surface area contributed by atoms with Crippen molar-refractivity contribution in [2.45, 2.75) is 52.0 Å². The molecule has 1 heterocycles. The summed E-state index contributed by atoms with van der Waals surface area (Å²) in [7, 11) is 0. The number of benzene rings is 1. The molecule has 0 aliphatic carbocycles. The Morgan fingerprint density at radius 3 is 2.57 bits per heavy atom.